The molecule has 6 rings (SSSR count). The van der Waals surface area contributed by atoms with Crippen LogP contribution in [0.5, 0.6) is 0 Å². The van der Waals surface area contributed by atoms with Crippen LogP contribution in [0.15, 0.2) is 26.2 Å². The number of nitrogens with two attached hydrogens (primary N) is 3. The van der Waals surface area contributed by atoms with Gasteiger partial charge in [0.1, 0.15) is 23.7 Å². The van der Waals surface area contributed by atoms with Gasteiger partial charge in [-0.1, -0.05) is 10.3 Å². The molecule has 23 nitrogen and oxygen atoms in total. The normalized spacial score (nSPS) is 23.5. The van der Waals surface area contributed by atoms with Crippen molar-refractivity contribution in [2.75, 3.05) is 13.1 Å². The molecular formula is C24H35N11O12S2. The Hall–Kier alpha value is -4.56. The summed E-state index contributed by atoms with van der Waals surface area (Å²) in [6.07, 6.45) is 3.81. The van der Waals surface area contributed by atoms with Crippen LogP contribution in [0.3, 0.4) is 0 Å². The lowest BCUT2D eigenvalue weighted by atomic mass is 9.98. The number of aryl methyl sites for hydroxylation is 1. The second-order valence-corrected chi connectivity index (χ2v) is 13.6. The lowest BCUT2D eigenvalue weighted by Crippen LogP contribution is -2.35. The van der Waals surface area contributed by atoms with E-state index in [1.807, 2.05) is 0 Å². The molecule has 4 aliphatic rings. The molecule has 0 unspecified atom stereocenters. The average Bonchev–Trinajstić information content (AvgIpc) is 3.78. The number of aliphatic imine (C=N–C) groups is 1. The van der Waals surface area contributed by atoms with Crippen LogP contribution in [0, 0.1) is 5.41 Å². The van der Waals surface area contributed by atoms with Gasteiger partial charge in [0.25, 0.3) is 0 Å². The lowest BCUT2D eigenvalue weighted by molar-refractivity contribution is -0.0318. The Balaban J connectivity index is 0.000000191. The molecular weight excluding hydrogens is 698 g/mol. The molecule has 2 aromatic heterocycles. The van der Waals surface area contributed by atoms with Crippen LogP contribution in [-0.2, 0) is 42.3 Å². The molecule has 2 aromatic rings. The molecule has 4 bridgehead atoms. The molecule has 0 aromatic carbocycles. The lowest BCUT2D eigenvalue weighted by Gasteiger charge is -2.28. The molecule has 49 heavy (non-hydrogen) atoms. The Morgan fingerprint density at radius 1 is 0.857 bits per heavy atom. The van der Waals surface area contributed by atoms with E-state index < -0.39 is 44.9 Å². The van der Waals surface area contributed by atoms with E-state index in [-0.39, 0.29) is 43.5 Å². The first-order chi connectivity index (χ1) is 23.0. The van der Waals surface area contributed by atoms with Gasteiger partial charge in [0, 0.05) is 38.1 Å². The standard InChI is InChI=1S/C13H19N5O6S.C11H16N6O6S/c14-12(15)3-1-2-9-6-10(16-23-9)11-5-4-8-7-17(11)13(19)18(8)24-25(20,21)22;12-10(13)14-4-7-3-8(15-22-7)9-2-1-6-5-16(9)11(18)17(6)23-24(19,20)21/h6,8,11H,1-5,7H2,(H3,14,15)(H,20,21,22);3,6,9H,1-2,4-5H2,(H4,12,13,14)(H,19,20,21)/t8-,11+;6-,9+/m11/s1. The highest BCUT2D eigenvalue weighted by Crippen LogP contribution is 2.40. The second-order valence-electron chi connectivity index (χ2n) is 11.6. The SMILES string of the molecule is N=C(N)CCCc1cc([C@@H]2CC[C@@H]3CN2C(=O)N3OS(=O)(=O)O)no1.NC(N)=NCc1cc([C@@H]2CC[C@@H]3CN2C(=O)N3OS(=O)(=O)O)no1. The van der Waals surface area contributed by atoms with E-state index >= 15 is 0 Å². The fourth-order valence-corrected chi connectivity index (χ4v) is 6.84. The van der Waals surface area contributed by atoms with Gasteiger partial charge in [0.2, 0.25) is 0 Å². The minimum absolute atomic E-state index is 0.0822. The molecule has 25 heteroatoms. The summed E-state index contributed by atoms with van der Waals surface area (Å²) in [6, 6.07) is 0.475. The number of aromatic nitrogens is 2. The zero-order chi connectivity index (χ0) is 35.7. The number of urea groups is 2. The Bertz CT molecular complexity index is 1810. The summed E-state index contributed by atoms with van der Waals surface area (Å²) in [6.45, 7) is 0.664. The van der Waals surface area contributed by atoms with Gasteiger partial charge in [0.15, 0.2) is 11.7 Å². The molecule has 0 radical (unpaired) electrons. The van der Waals surface area contributed by atoms with Gasteiger partial charge in [-0.3, -0.25) is 14.5 Å². The van der Waals surface area contributed by atoms with Crippen molar-refractivity contribution in [2.24, 2.45) is 22.2 Å². The molecule has 4 fully saturated rings. The third kappa shape index (κ3) is 8.73. The minimum atomic E-state index is -4.77. The first-order valence-electron chi connectivity index (χ1n) is 14.8. The minimum Gasteiger partial charge on any atom is -0.388 e. The number of carbonyl (C=O) groups excluding carboxylic acids is 2. The fourth-order valence-electron chi connectivity index (χ4n) is 6.06. The largest absolute Gasteiger partial charge is 0.418 e. The Morgan fingerprint density at radius 2 is 1.33 bits per heavy atom. The molecule has 0 spiro atoms. The second kappa shape index (κ2) is 14.1. The number of nitrogens with zero attached hydrogens (tertiary/aromatic N) is 7. The number of hydroxylamine groups is 4. The number of amides is 4. The van der Waals surface area contributed by atoms with Crippen molar-refractivity contribution in [1.82, 2.24) is 30.2 Å². The van der Waals surface area contributed by atoms with Crippen molar-refractivity contribution >= 4 is 44.7 Å². The topological polar surface area (TPSA) is 341 Å². The quantitative estimate of drug-likeness (QED) is 0.0928. The molecule has 0 saturated carbocycles. The van der Waals surface area contributed by atoms with Crippen LogP contribution >= 0.6 is 0 Å². The number of hydrogen-bond donors (Lipinski definition) is 6. The fraction of sp³-hybridized carbons (Fsp3) is 0.583. The van der Waals surface area contributed by atoms with Gasteiger partial charge >= 0.3 is 32.9 Å². The summed E-state index contributed by atoms with van der Waals surface area (Å²) < 4.78 is 80.3. The van der Waals surface area contributed by atoms with Gasteiger partial charge in [-0.15, -0.1) is 8.57 Å². The van der Waals surface area contributed by atoms with Crippen LogP contribution in [0.2, 0.25) is 0 Å². The Kier molecular flexibility index (Phi) is 10.3. The van der Waals surface area contributed by atoms with Gasteiger partial charge in [0.05, 0.1) is 30.0 Å². The van der Waals surface area contributed by atoms with Crippen molar-refractivity contribution in [1.29, 1.82) is 5.41 Å². The predicted octanol–water partition coefficient (Wildman–Crippen LogP) is -0.268. The van der Waals surface area contributed by atoms with Crippen molar-refractivity contribution in [3.05, 3.63) is 35.0 Å². The molecule has 4 atom stereocenters. The van der Waals surface area contributed by atoms with Crippen LogP contribution in [-0.4, -0.2) is 105 Å². The average molecular weight is 734 g/mol. The number of fused-ring (bicyclic) bond motifs is 4. The maximum Gasteiger partial charge on any atom is 0.418 e. The van der Waals surface area contributed by atoms with Crippen molar-refractivity contribution < 1.29 is 53.1 Å². The first kappa shape index (κ1) is 35.7. The highest BCUT2D eigenvalue weighted by molar-refractivity contribution is 7.81. The van der Waals surface area contributed by atoms with E-state index in [2.05, 4.69) is 23.9 Å². The van der Waals surface area contributed by atoms with Gasteiger partial charge in [-0.2, -0.15) is 27.0 Å². The van der Waals surface area contributed by atoms with Gasteiger partial charge in [-0.25, -0.2) is 14.6 Å². The molecule has 6 heterocycles. The first-order valence-corrected chi connectivity index (χ1v) is 17.5. The summed E-state index contributed by atoms with van der Waals surface area (Å²) >= 11 is 0. The number of rotatable bonds is 12. The monoisotopic (exact) mass is 733 g/mol. The smallest absolute Gasteiger partial charge is 0.388 e. The predicted molar refractivity (Wildman–Crippen MR) is 162 cm³/mol. The van der Waals surface area contributed by atoms with E-state index in [9.17, 15) is 26.4 Å². The molecule has 0 aliphatic carbocycles. The van der Waals surface area contributed by atoms with Crippen LogP contribution in [0.1, 0.15) is 73.5 Å². The number of amidine groups is 1. The van der Waals surface area contributed by atoms with Crippen molar-refractivity contribution in [2.45, 2.75) is 75.7 Å². The van der Waals surface area contributed by atoms with Crippen LogP contribution in [0.25, 0.3) is 0 Å². The van der Waals surface area contributed by atoms with Crippen LogP contribution in [0.4, 0.5) is 9.59 Å². The number of guanidine groups is 1. The highest BCUT2D eigenvalue weighted by Gasteiger charge is 2.49. The number of nitrogens with one attached hydrogen (secondary N) is 1. The third-order valence-corrected chi connectivity index (χ3v) is 8.82. The van der Waals surface area contributed by atoms with E-state index in [4.69, 9.17) is 40.8 Å². The van der Waals surface area contributed by atoms with Gasteiger partial charge in [-0.05, 0) is 32.1 Å². The zero-order valence-corrected chi connectivity index (χ0v) is 27.3. The summed E-state index contributed by atoms with van der Waals surface area (Å²) in [4.78, 5) is 31.3. The maximum atomic E-state index is 12.4. The number of piperidine rings is 2. The summed E-state index contributed by atoms with van der Waals surface area (Å²) in [5.74, 6) is 1.09. The van der Waals surface area contributed by atoms with E-state index in [0.29, 0.717) is 78.0 Å². The Morgan fingerprint density at radius 3 is 1.78 bits per heavy atom. The van der Waals surface area contributed by atoms with Crippen molar-refractivity contribution in [3.8, 4) is 0 Å². The summed E-state index contributed by atoms with van der Waals surface area (Å²) in [5.41, 5.74) is 16.9. The number of carbonyl (C=O) groups is 2. The van der Waals surface area contributed by atoms with E-state index in [1.54, 1.807) is 12.1 Å². The maximum absolute atomic E-state index is 12.4. The zero-order valence-electron chi connectivity index (χ0n) is 25.7. The molecule has 4 amide bonds. The molecule has 4 aliphatic heterocycles. The molecule has 4 saturated heterocycles. The van der Waals surface area contributed by atoms with E-state index in [1.165, 1.54) is 9.80 Å². The third-order valence-electron chi connectivity index (χ3n) is 8.12. The van der Waals surface area contributed by atoms with Crippen LogP contribution < -0.4 is 17.2 Å². The summed E-state index contributed by atoms with van der Waals surface area (Å²) in [7, 11) is -9.52. The van der Waals surface area contributed by atoms with Crippen molar-refractivity contribution in [3.63, 3.8) is 0 Å². The van der Waals surface area contributed by atoms with E-state index in [0.717, 1.165) is 0 Å². The Labute approximate surface area is 279 Å². The molecule has 270 valence electrons. The number of hydrogen-bond acceptors (Lipinski definition) is 14. The highest BCUT2D eigenvalue weighted by atomic mass is 32.3. The summed E-state index contributed by atoms with van der Waals surface area (Å²) in [5, 5.41) is 16.5. The molecule has 9 N–H and O–H groups in total. The van der Waals surface area contributed by atoms with Gasteiger partial charge < -0.3 is 36.0 Å².